The summed E-state index contributed by atoms with van der Waals surface area (Å²) in [5.41, 5.74) is 3.59. The fourth-order valence-corrected chi connectivity index (χ4v) is 3.07. The molecular formula is C16H23NO2. The zero-order valence-electron chi connectivity index (χ0n) is 12.2. The van der Waals surface area contributed by atoms with Crippen LogP contribution in [0.4, 0.5) is 0 Å². The van der Waals surface area contributed by atoms with Crippen LogP contribution >= 0.6 is 0 Å². The van der Waals surface area contributed by atoms with Gasteiger partial charge in [-0.05, 0) is 33.3 Å². The molecule has 3 nitrogen and oxygen atoms in total. The molecule has 1 saturated heterocycles. The number of aliphatic carboxylic acids is 1. The van der Waals surface area contributed by atoms with Gasteiger partial charge in [0.15, 0.2) is 0 Å². The van der Waals surface area contributed by atoms with Crippen LogP contribution in [0.2, 0.25) is 0 Å². The molecule has 1 aliphatic rings. The number of rotatable bonds is 3. The van der Waals surface area contributed by atoms with E-state index in [2.05, 4.69) is 50.8 Å². The molecule has 1 aliphatic heterocycles. The Hall–Kier alpha value is -1.35. The summed E-state index contributed by atoms with van der Waals surface area (Å²) in [6.07, 6.45) is 0. The molecule has 1 aromatic carbocycles. The van der Waals surface area contributed by atoms with Crippen molar-refractivity contribution in [2.45, 2.75) is 39.7 Å². The van der Waals surface area contributed by atoms with Crippen LogP contribution in [0, 0.1) is 19.8 Å². The van der Waals surface area contributed by atoms with Crippen molar-refractivity contribution in [3.8, 4) is 0 Å². The monoisotopic (exact) mass is 261 g/mol. The van der Waals surface area contributed by atoms with Crippen LogP contribution < -0.4 is 0 Å². The van der Waals surface area contributed by atoms with Gasteiger partial charge >= 0.3 is 5.97 Å². The van der Waals surface area contributed by atoms with Crippen LogP contribution in [0.1, 0.15) is 36.5 Å². The fourth-order valence-electron chi connectivity index (χ4n) is 3.07. The fraction of sp³-hybridized carbons (Fsp3) is 0.562. The van der Waals surface area contributed by atoms with Gasteiger partial charge in [0.2, 0.25) is 0 Å². The summed E-state index contributed by atoms with van der Waals surface area (Å²) in [5.74, 6) is -0.852. The molecule has 19 heavy (non-hydrogen) atoms. The lowest BCUT2D eigenvalue weighted by Crippen LogP contribution is -2.29. The van der Waals surface area contributed by atoms with E-state index < -0.39 is 5.97 Å². The molecule has 2 rings (SSSR count). The first-order chi connectivity index (χ1) is 8.88. The van der Waals surface area contributed by atoms with Crippen LogP contribution in [0.5, 0.6) is 0 Å². The minimum atomic E-state index is -0.674. The molecule has 1 N–H and O–H groups in total. The molecule has 0 aromatic heterocycles. The SMILES string of the molecule is Cc1cc(C)cc(C2CN(C(C)C)CC2C(=O)O)c1. The molecule has 1 heterocycles. The quantitative estimate of drug-likeness (QED) is 0.909. The minimum absolute atomic E-state index is 0.110. The highest BCUT2D eigenvalue weighted by Gasteiger charge is 2.39. The number of nitrogens with zero attached hydrogens (tertiary/aromatic N) is 1. The average molecular weight is 261 g/mol. The normalized spacial score (nSPS) is 24.1. The Morgan fingerprint density at radius 2 is 1.79 bits per heavy atom. The molecule has 2 atom stereocenters. The van der Waals surface area contributed by atoms with Crippen molar-refractivity contribution >= 4 is 5.97 Å². The number of likely N-dealkylation sites (tertiary alicyclic amines) is 1. The van der Waals surface area contributed by atoms with Crippen LogP contribution in [-0.4, -0.2) is 35.1 Å². The molecule has 104 valence electrons. The van der Waals surface area contributed by atoms with Crippen LogP contribution in [0.15, 0.2) is 18.2 Å². The Morgan fingerprint density at radius 3 is 2.26 bits per heavy atom. The van der Waals surface area contributed by atoms with Crippen LogP contribution in [-0.2, 0) is 4.79 Å². The maximum absolute atomic E-state index is 11.5. The van der Waals surface area contributed by atoms with Gasteiger partial charge in [-0.15, -0.1) is 0 Å². The van der Waals surface area contributed by atoms with Crippen molar-refractivity contribution in [3.63, 3.8) is 0 Å². The Bertz CT molecular complexity index is 461. The van der Waals surface area contributed by atoms with Crippen LogP contribution in [0.3, 0.4) is 0 Å². The molecular weight excluding hydrogens is 238 g/mol. The highest BCUT2D eigenvalue weighted by molar-refractivity contribution is 5.72. The molecule has 1 aromatic rings. The van der Waals surface area contributed by atoms with E-state index in [1.54, 1.807) is 0 Å². The molecule has 2 unspecified atom stereocenters. The van der Waals surface area contributed by atoms with Gasteiger partial charge in [0, 0.05) is 25.0 Å². The van der Waals surface area contributed by atoms with Gasteiger partial charge in [-0.2, -0.15) is 0 Å². The molecule has 0 saturated carbocycles. The van der Waals surface area contributed by atoms with Gasteiger partial charge in [0.25, 0.3) is 0 Å². The first kappa shape index (κ1) is 14.1. The molecule has 0 radical (unpaired) electrons. The van der Waals surface area contributed by atoms with Crippen molar-refractivity contribution in [2.75, 3.05) is 13.1 Å². The predicted molar refractivity (Wildman–Crippen MR) is 76.5 cm³/mol. The third-order valence-corrected chi connectivity index (χ3v) is 4.07. The number of carboxylic acid groups (broad SMARTS) is 1. The Balaban J connectivity index is 2.32. The third-order valence-electron chi connectivity index (χ3n) is 4.07. The number of carboxylic acids is 1. The minimum Gasteiger partial charge on any atom is -0.481 e. The van der Waals surface area contributed by atoms with Crippen molar-refractivity contribution in [1.82, 2.24) is 4.90 Å². The van der Waals surface area contributed by atoms with E-state index >= 15 is 0 Å². The highest BCUT2D eigenvalue weighted by Crippen LogP contribution is 2.34. The summed E-state index contributed by atoms with van der Waals surface area (Å²) in [7, 11) is 0. The Labute approximate surface area is 115 Å². The lowest BCUT2D eigenvalue weighted by molar-refractivity contribution is -0.141. The standard InChI is InChI=1S/C16H23NO2/c1-10(2)17-8-14(15(9-17)16(18)19)13-6-11(3)5-12(4)7-13/h5-7,10,14-15H,8-9H2,1-4H3,(H,18,19). The zero-order valence-corrected chi connectivity index (χ0v) is 12.2. The molecule has 1 fully saturated rings. The van der Waals surface area contributed by atoms with Gasteiger partial charge in [0.05, 0.1) is 5.92 Å². The zero-order chi connectivity index (χ0) is 14.2. The molecule has 0 amide bonds. The van der Waals surface area contributed by atoms with Crippen molar-refractivity contribution in [2.24, 2.45) is 5.92 Å². The molecule has 0 aliphatic carbocycles. The van der Waals surface area contributed by atoms with E-state index in [-0.39, 0.29) is 11.8 Å². The second kappa shape index (κ2) is 5.33. The maximum Gasteiger partial charge on any atom is 0.308 e. The summed E-state index contributed by atoms with van der Waals surface area (Å²) in [6.45, 7) is 9.90. The number of hydrogen-bond donors (Lipinski definition) is 1. The van der Waals surface area contributed by atoms with E-state index in [0.717, 1.165) is 6.54 Å². The van der Waals surface area contributed by atoms with Gasteiger partial charge in [-0.1, -0.05) is 29.3 Å². The Morgan fingerprint density at radius 1 is 1.21 bits per heavy atom. The number of carbonyl (C=O) groups is 1. The molecule has 0 spiro atoms. The second-order valence-electron chi connectivity index (χ2n) is 6.02. The van der Waals surface area contributed by atoms with Gasteiger partial charge in [-0.25, -0.2) is 0 Å². The van der Waals surface area contributed by atoms with Crippen molar-refractivity contribution < 1.29 is 9.90 Å². The highest BCUT2D eigenvalue weighted by atomic mass is 16.4. The van der Waals surface area contributed by atoms with E-state index in [0.29, 0.717) is 12.6 Å². The van der Waals surface area contributed by atoms with Gasteiger partial charge in [0.1, 0.15) is 0 Å². The number of benzene rings is 1. The van der Waals surface area contributed by atoms with E-state index in [1.165, 1.54) is 16.7 Å². The van der Waals surface area contributed by atoms with E-state index in [4.69, 9.17) is 0 Å². The van der Waals surface area contributed by atoms with Gasteiger partial charge < -0.3 is 5.11 Å². The smallest absolute Gasteiger partial charge is 0.308 e. The first-order valence-corrected chi connectivity index (χ1v) is 6.93. The molecule has 3 heteroatoms. The summed E-state index contributed by atoms with van der Waals surface area (Å²) >= 11 is 0. The predicted octanol–water partition coefficient (Wildman–Crippen LogP) is 2.81. The van der Waals surface area contributed by atoms with Crippen LogP contribution in [0.25, 0.3) is 0 Å². The van der Waals surface area contributed by atoms with Crippen molar-refractivity contribution in [1.29, 1.82) is 0 Å². The third kappa shape index (κ3) is 2.98. The summed E-state index contributed by atoms with van der Waals surface area (Å²) in [6, 6.07) is 6.81. The largest absolute Gasteiger partial charge is 0.481 e. The van der Waals surface area contributed by atoms with E-state index in [1.807, 2.05) is 0 Å². The van der Waals surface area contributed by atoms with Gasteiger partial charge in [-0.3, -0.25) is 9.69 Å². The van der Waals surface area contributed by atoms with E-state index in [9.17, 15) is 9.90 Å². The first-order valence-electron chi connectivity index (χ1n) is 6.93. The summed E-state index contributed by atoms with van der Waals surface area (Å²) in [5, 5.41) is 9.46. The topological polar surface area (TPSA) is 40.5 Å². The maximum atomic E-state index is 11.5. The second-order valence-corrected chi connectivity index (χ2v) is 6.02. The lowest BCUT2D eigenvalue weighted by Gasteiger charge is -2.20. The number of hydrogen-bond acceptors (Lipinski definition) is 2. The lowest BCUT2D eigenvalue weighted by atomic mass is 9.87. The molecule has 0 bridgehead atoms. The summed E-state index contributed by atoms with van der Waals surface area (Å²) < 4.78 is 0. The number of aryl methyl sites for hydroxylation is 2. The average Bonchev–Trinajstić information content (AvgIpc) is 2.72. The summed E-state index contributed by atoms with van der Waals surface area (Å²) in [4.78, 5) is 13.8. The van der Waals surface area contributed by atoms with Crippen molar-refractivity contribution in [3.05, 3.63) is 34.9 Å². The Kier molecular flexibility index (Phi) is 3.95.